The number of hydrogen-bond acceptors (Lipinski definition) is 4. The summed E-state index contributed by atoms with van der Waals surface area (Å²) in [6, 6.07) is 0. The van der Waals surface area contributed by atoms with E-state index in [2.05, 4.69) is 0 Å². The molecule has 0 aromatic rings. The summed E-state index contributed by atoms with van der Waals surface area (Å²) >= 11 is -5.88. The Balaban J connectivity index is -0.0000000800. The van der Waals surface area contributed by atoms with Crippen LogP contribution in [0.2, 0.25) is 0 Å². The number of rotatable bonds is 0. The zero-order valence-corrected chi connectivity index (χ0v) is 6.96. The van der Waals surface area contributed by atoms with Gasteiger partial charge < -0.3 is 0 Å². The standard InChI is InChI=1S/AsH3O4.Na/c2-1(3,4)5;/h(H3,2,3,4,5);/q;+1/p-2. The molecule has 6 heteroatoms. The maximum Gasteiger partial charge on any atom is 1.00 e. The summed E-state index contributed by atoms with van der Waals surface area (Å²) in [7, 11) is 0. The predicted octanol–water partition coefficient (Wildman–Crippen LogP) is -6.95. The van der Waals surface area contributed by atoms with Crippen LogP contribution in [0.3, 0.4) is 0 Å². The summed E-state index contributed by atoms with van der Waals surface area (Å²) in [4.78, 5) is 0. The van der Waals surface area contributed by atoms with Gasteiger partial charge in [-0.15, -0.1) is 0 Å². The van der Waals surface area contributed by atoms with Crippen LogP contribution in [0.4, 0.5) is 0 Å². The molecule has 0 saturated carbocycles. The first kappa shape index (κ1) is 10.3. The largest absolute Gasteiger partial charge is 1.00 e. The fourth-order valence-corrected chi connectivity index (χ4v) is 0. The van der Waals surface area contributed by atoms with Gasteiger partial charge >= 0.3 is 61.5 Å². The van der Waals surface area contributed by atoms with Gasteiger partial charge in [0.2, 0.25) is 0 Å². The maximum atomic E-state index is 8.61. The van der Waals surface area contributed by atoms with E-state index in [1.165, 1.54) is 0 Å². The van der Waals surface area contributed by atoms with Gasteiger partial charge in [-0.05, 0) is 0 Å². The zero-order valence-electron chi connectivity index (χ0n) is 4.08. The van der Waals surface area contributed by atoms with Crippen LogP contribution in [0.15, 0.2) is 0 Å². The third kappa shape index (κ3) is 61.4. The van der Waals surface area contributed by atoms with Crippen LogP contribution in [0.25, 0.3) is 0 Å². The monoisotopic (exact) mass is 163 g/mol. The molecule has 0 unspecified atom stereocenters. The van der Waals surface area contributed by atoms with Crippen LogP contribution >= 0.6 is 0 Å². The summed E-state index contributed by atoms with van der Waals surface area (Å²) < 4.78 is 34.4. The molecule has 0 fully saturated rings. The number of hydrogen-bond donors (Lipinski definition) is 0. The third-order valence-electron chi connectivity index (χ3n) is 0. The molecule has 0 aliphatic rings. The first-order valence-electron chi connectivity index (χ1n) is 0.730. The summed E-state index contributed by atoms with van der Waals surface area (Å²) in [5.74, 6) is 0. The van der Waals surface area contributed by atoms with Gasteiger partial charge in [-0.1, -0.05) is 0 Å². The Hall–Kier alpha value is 1.24. The second kappa shape index (κ2) is 3.27. The summed E-state index contributed by atoms with van der Waals surface area (Å²) in [6.07, 6.45) is 0. The molecule has 4 nitrogen and oxygen atoms in total. The normalized spacial score (nSPS) is 9.83. The van der Waals surface area contributed by atoms with Crippen molar-refractivity contribution >= 4 is 14.5 Å². The fourth-order valence-electron chi connectivity index (χ4n) is 0. The average Bonchev–Trinajstić information content (AvgIpc) is 0.722. The Morgan fingerprint density at radius 3 is 1.33 bits per heavy atom. The summed E-state index contributed by atoms with van der Waals surface area (Å²) in [6.45, 7) is 0. The zero-order chi connectivity index (χ0) is 4.50. The first-order chi connectivity index (χ1) is 2.00. The van der Waals surface area contributed by atoms with Gasteiger partial charge in [0.15, 0.2) is 0 Å². The van der Waals surface area contributed by atoms with Crippen LogP contribution in [0.1, 0.15) is 1.43 Å². The minimum Gasteiger partial charge on any atom is 1.00 e. The minimum absolute atomic E-state index is 0. The first-order valence-corrected chi connectivity index (χ1v) is 3.79. The van der Waals surface area contributed by atoms with Crippen molar-refractivity contribution in [1.29, 1.82) is 0 Å². The van der Waals surface area contributed by atoms with E-state index < -0.39 is 14.5 Å². The van der Waals surface area contributed by atoms with Crippen molar-refractivity contribution in [3.63, 3.8) is 0 Å². The van der Waals surface area contributed by atoms with Gasteiger partial charge in [-0.2, -0.15) is 0 Å². The molecule has 0 amide bonds. The maximum absolute atomic E-state index is 8.61. The second-order valence-corrected chi connectivity index (χ2v) is 2.32. The topological polar surface area (TPSA) is 86.2 Å². The van der Waals surface area contributed by atoms with Gasteiger partial charge in [0, 0.05) is 0 Å². The second-order valence-electron chi connectivity index (χ2n) is 0.447. The molecule has 0 heterocycles. The molecule has 0 radical (unpaired) electrons. The molecular formula is HAsNaO4-. The molecular weight excluding hydrogens is 162 g/mol. The van der Waals surface area contributed by atoms with Crippen molar-refractivity contribution in [1.82, 2.24) is 0 Å². The van der Waals surface area contributed by atoms with E-state index in [0.29, 0.717) is 0 Å². The van der Waals surface area contributed by atoms with Crippen molar-refractivity contribution < 1.29 is 47.0 Å². The third-order valence-corrected chi connectivity index (χ3v) is 0. The molecule has 0 spiro atoms. The quantitative estimate of drug-likeness (QED) is 0.332. The molecule has 0 aromatic carbocycles. The smallest absolute Gasteiger partial charge is 1.00 e. The van der Waals surface area contributed by atoms with Crippen LogP contribution < -0.4 is 41.8 Å². The van der Waals surface area contributed by atoms with Crippen molar-refractivity contribution in [3.8, 4) is 0 Å². The Morgan fingerprint density at radius 1 is 1.33 bits per heavy atom. The molecule has 0 bridgehead atoms. The van der Waals surface area contributed by atoms with E-state index in [-0.39, 0.29) is 31.0 Å². The van der Waals surface area contributed by atoms with Crippen molar-refractivity contribution in [2.75, 3.05) is 0 Å². The molecule has 6 heavy (non-hydrogen) atoms. The molecule has 0 aromatic heterocycles. The minimum atomic E-state index is -5.88. The summed E-state index contributed by atoms with van der Waals surface area (Å²) in [5, 5.41) is 0. The molecule has 0 atom stereocenters. The van der Waals surface area contributed by atoms with Gasteiger partial charge in [0.1, 0.15) is 0 Å². The van der Waals surface area contributed by atoms with Gasteiger partial charge in [-0.3, -0.25) is 0 Å². The molecule has 0 rings (SSSR count). The van der Waals surface area contributed by atoms with E-state index in [1.807, 2.05) is 0 Å². The van der Waals surface area contributed by atoms with Crippen LogP contribution in [0.5, 0.6) is 0 Å². The SMILES string of the molecule is O=[As]([O-])([O-])[O-].[H+].[Na+]. The van der Waals surface area contributed by atoms with Crippen LogP contribution in [-0.4, -0.2) is 14.5 Å². The van der Waals surface area contributed by atoms with Crippen molar-refractivity contribution in [2.45, 2.75) is 0 Å². The molecule has 0 aliphatic heterocycles. The van der Waals surface area contributed by atoms with Crippen molar-refractivity contribution in [2.24, 2.45) is 0 Å². The Kier molecular flexibility index (Phi) is 5.59. The van der Waals surface area contributed by atoms with E-state index in [0.717, 1.165) is 0 Å². The summed E-state index contributed by atoms with van der Waals surface area (Å²) in [5.41, 5.74) is 0. The average molecular weight is 163 g/mol. The van der Waals surface area contributed by atoms with Gasteiger partial charge in [-0.25, -0.2) is 0 Å². The van der Waals surface area contributed by atoms with E-state index in [4.69, 9.17) is 16.0 Å². The Morgan fingerprint density at radius 2 is 1.33 bits per heavy atom. The van der Waals surface area contributed by atoms with Crippen LogP contribution in [-0.2, 0) is 3.74 Å². The van der Waals surface area contributed by atoms with E-state index >= 15 is 0 Å². The molecule has 0 aliphatic carbocycles. The molecule has 32 valence electrons. The van der Waals surface area contributed by atoms with Gasteiger partial charge in [0.05, 0.1) is 0 Å². The predicted molar refractivity (Wildman–Crippen MR) is 7.55 cm³/mol. The van der Waals surface area contributed by atoms with Crippen molar-refractivity contribution in [3.05, 3.63) is 0 Å². The Labute approximate surface area is 61.3 Å². The Bertz CT molecular complexity index is 57.8. The fraction of sp³-hybridized carbons (Fsp3) is 0. The molecule has 0 saturated heterocycles. The van der Waals surface area contributed by atoms with E-state index in [9.17, 15) is 0 Å². The van der Waals surface area contributed by atoms with Gasteiger partial charge in [0.25, 0.3) is 0 Å². The van der Waals surface area contributed by atoms with Crippen LogP contribution in [0, 0.1) is 0 Å². The molecule has 0 N–H and O–H groups in total. The van der Waals surface area contributed by atoms with E-state index in [1.54, 1.807) is 0 Å².